The first kappa shape index (κ1) is 42.7. The molecule has 0 aromatic rings. The maximum absolute atomic E-state index is 8.33. The van der Waals surface area contributed by atoms with Crippen LogP contribution < -0.4 is 51.1 Å². The molecule has 0 aromatic heterocycles. The molecule has 22 heavy (non-hydrogen) atoms. The third-order valence-corrected chi connectivity index (χ3v) is 0. The van der Waals surface area contributed by atoms with Crippen LogP contribution in [0.1, 0.15) is 0 Å². The Morgan fingerprint density at radius 1 is 0.318 bits per heavy atom. The molecule has 0 aliphatic carbocycles. The summed E-state index contributed by atoms with van der Waals surface area (Å²) in [7, 11) is 0. The molecular formula is C5O15V2. The van der Waals surface area contributed by atoms with Gasteiger partial charge in [0.1, 0.15) is 0 Å². The average molecular weight is 402 g/mol. The third-order valence-electron chi connectivity index (χ3n) is 0. The molecule has 0 atom stereocenters. The Morgan fingerprint density at radius 3 is 0.318 bits per heavy atom. The Hall–Kier alpha value is -2.48. The molecule has 0 unspecified atom stereocenters. The van der Waals surface area contributed by atoms with Crippen LogP contribution in [0.4, 0.5) is 24.0 Å². The number of rotatable bonds is 0. The standard InChI is InChI=1S/5CH2O3.2V/c5*2-1(3)4;;/h5*(H2,2,3,4);;/q;;;;;2*+5/p-10. The van der Waals surface area contributed by atoms with Crippen molar-refractivity contribution in [3.05, 3.63) is 0 Å². The number of hydrogen-bond donors (Lipinski definition) is 0. The quantitative estimate of drug-likeness (QED) is 0.363. The van der Waals surface area contributed by atoms with Crippen LogP contribution in [-0.4, -0.2) is 30.8 Å². The molecule has 0 N–H and O–H groups in total. The number of carboxylic acid groups (broad SMARTS) is 10. The van der Waals surface area contributed by atoms with E-state index in [4.69, 9.17) is 75.0 Å². The molecule has 0 aliphatic rings. The fraction of sp³-hybridized carbons (Fsp3) is 0. The molecular weight excluding hydrogens is 402 g/mol. The Bertz CT molecular complexity index is 211. The zero-order chi connectivity index (χ0) is 17.9. The second-order valence-electron chi connectivity index (χ2n) is 1.25. The molecule has 0 aliphatic heterocycles. The van der Waals surface area contributed by atoms with Gasteiger partial charge in [-0.1, -0.05) is 0 Å². The topological polar surface area (TPSA) is 316 Å². The van der Waals surface area contributed by atoms with Gasteiger partial charge >= 0.3 is 37.1 Å². The van der Waals surface area contributed by atoms with E-state index in [-0.39, 0.29) is 37.1 Å². The van der Waals surface area contributed by atoms with Crippen molar-refractivity contribution in [1.29, 1.82) is 0 Å². The minimum Gasteiger partial charge on any atom is -0.652 e. The summed E-state index contributed by atoms with van der Waals surface area (Å²) >= 11 is 0. The van der Waals surface area contributed by atoms with Crippen molar-refractivity contribution < 1.29 is 112 Å². The van der Waals surface area contributed by atoms with Crippen molar-refractivity contribution in [3.8, 4) is 0 Å². The first-order chi connectivity index (χ1) is 8.66. The number of carbonyl (C=O) groups is 5. The Balaban J connectivity index is -0.0000000250. The van der Waals surface area contributed by atoms with E-state index in [0.29, 0.717) is 0 Å². The van der Waals surface area contributed by atoms with Crippen LogP contribution in [0, 0.1) is 0 Å². The van der Waals surface area contributed by atoms with E-state index in [1.165, 1.54) is 0 Å². The van der Waals surface area contributed by atoms with Crippen LogP contribution in [0.3, 0.4) is 0 Å². The molecule has 0 bridgehead atoms. The SMILES string of the molecule is O=C([O-])[O-].O=C([O-])[O-].O=C([O-])[O-].O=C([O-])[O-].O=C([O-])[O-].[V+5].[V+5]. The van der Waals surface area contributed by atoms with Crippen molar-refractivity contribution in [3.63, 3.8) is 0 Å². The van der Waals surface area contributed by atoms with Crippen LogP contribution in [0.5, 0.6) is 0 Å². The van der Waals surface area contributed by atoms with Gasteiger partial charge in [-0.3, -0.25) is 0 Å². The summed E-state index contributed by atoms with van der Waals surface area (Å²) in [5, 5.41) is 83.3. The van der Waals surface area contributed by atoms with E-state index in [9.17, 15) is 0 Å². The van der Waals surface area contributed by atoms with Crippen molar-refractivity contribution in [2.45, 2.75) is 0 Å². The van der Waals surface area contributed by atoms with Gasteiger partial charge in [0.15, 0.2) is 0 Å². The second kappa shape index (κ2) is 36.3. The minimum absolute atomic E-state index is 0. The maximum Gasteiger partial charge on any atom is 5.00 e. The van der Waals surface area contributed by atoms with E-state index in [2.05, 4.69) is 0 Å². The molecule has 0 rings (SSSR count). The van der Waals surface area contributed by atoms with E-state index in [1.54, 1.807) is 0 Å². The summed E-state index contributed by atoms with van der Waals surface area (Å²) in [6.07, 6.45) is -11.7. The smallest absolute Gasteiger partial charge is 0.652 e. The van der Waals surface area contributed by atoms with E-state index >= 15 is 0 Å². The van der Waals surface area contributed by atoms with Crippen LogP contribution >= 0.6 is 0 Å². The zero-order valence-corrected chi connectivity index (χ0v) is 12.3. The van der Waals surface area contributed by atoms with Gasteiger partial charge in [0.05, 0.1) is 0 Å². The molecule has 120 valence electrons. The van der Waals surface area contributed by atoms with Gasteiger partial charge in [-0.2, -0.15) is 0 Å². The summed E-state index contributed by atoms with van der Waals surface area (Å²) in [5.41, 5.74) is 0. The molecule has 0 spiro atoms. The summed E-state index contributed by atoms with van der Waals surface area (Å²) in [5.74, 6) is 0. The second-order valence-corrected chi connectivity index (χ2v) is 1.25. The van der Waals surface area contributed by atoms with Crippen LogP contribution in [0.15, 0.2) is 0 Å². The van der Waals surface area contributed by atoms with Gasteiger partial charge in [-0.25, -0.2) is 0 Å². The first-order valence-corrected chi connectivity index (χ1v) is 3.06. The normalized spacial score (nSPS) is 5.45. The number of carbonyl (C=O) groups excluding carboxylic acids is 5. The van der Waals surface area contributed by atoms with Crippen molar-refractivity contribution in [2.24, 2.45) is 0 Å². The Kier molecular flexibility index (Phi) is 70.4. The van der Waals surface area contributed by atoms with Crippen LogP contribution in [0.2, 0.25) is 0 Å². The molecule has 0 radical (unpaired) electrons. The van der Waals surface area contributed by atoms with Gasteiger partial charge in [-0.15, -0.1) is 0 Å². The van der Waals surface area contributed by atoms with Gasteiger partial charge in [0, 0.05) is 0 Å². The fourth-order valence-corrected chi connectivity index (χ4v) is 0. The van der Waals surface area contributed by atoms with Crippen LogP contribution in [0.25, 0.3) is 0 Å². The Morgan fingerprint density at radius 2 is 0.318 bits per heavy atom. The molecule has 0 heterocycles. The molecule has 0 amide bonds. The Labute approximate surface area is 143 Å². The molecule has 17 heteroatoms. The molecule has 15 nitrogen and oxygen atoms in total. The summed E-state index contributed by atoms with van der Waals surface area (Å²) in [6.45, 7) is 0. The number of hydrogen-bond acceptors (Lipinski definition) is 15. The summed E-state index contributed by atoms with van der Waals surface area (Å²) < 4.78 is 0. The van der Waals surface area contributed by atoms with Gasteiger partial charge in [0.2, 0.25) is 0 Å². The van der Waals surface area contributed by atoms with Gasteiger partial charge in [-0.05, 0) is 30.8 Å². The average Bonchev–Trinajstić information content (AvgIpc) is 1.94. The van der Waals surface area contributed by atoms with E-state index in [1.807, 2.05) is 0 Å². The van der Waals surface area contributed by atoms with Gasteiger partial charge < -0.3 is 75.0 Å². The predicted octanol–water partition coefficient (Wildman–Crippen LogP) is -12.2. The molecule has 0 saturated heterocycles. The van der Waals surface area contributed by atoms with Gasteiger partial charge in [0.25, 0.3) is 0 Å². The molecule has 0 saturated carbocycles. The van der Waals surface area contributed by atoms with Crippen molar-refractivity contribution >= 4 is 30.8 Å². The summed E-state index contributed by atoms with van der Waals surface area (Å²) in [4.78, 5) is 41.7. The fourth-order valence-electron chi connectivity index (χ4n) is 0. The van der Waals surface area contributed by atoms with Crippen LogP contribution in [-0.2, 0) is 37.1 Å². The first-order valence-electron chi connectivity index (χ1n) is 3.06. The van der Waals surface area contributed by atoms with E-state index in [0.717, 1.165) is 0 Å². The van der Waals surface area contributed by atoms with E-state index < -0.39 is 30.8 Å². The van der Waals surface area contributed by atoms with Crippen molar-refractivity contribution in [1.82, 2.24) is 0 Å². The van der Waals surface area contributed by atoms with Crippen molar-refractivity contribution in [2.75, 3.05) is 0 Å². The largest absolute Gasteiger partial charge is 5.00 e. The monoisotopic (exact) mass is 402 g/mol. The summed E-state index contributed by atoms with van der Waals surface area (Å²) in [6, 6.07) is 0. The molecule has 0 aromatic carbocycles. The minimum atomic E-state index is -2.33. The molecule has 0 fully saturated rings. The third kappa shape index (κ3) is 777. The predicted molar refractivity (Wildman–Crippen MR) is 27.0 cm³/mol. The zero-order valence-electron chi connectivity index (χ0n) is 9.52. The maximum atomic E-state index is 8.33.